The van der Waals surface area contributed by atoms with E-state index in [9.17, 15) is 9.18 Å². The molecular formula is C12H14FNO3. The summed E-state index contributed by atoms with van der Waals surface area (Å²) < 4.78 is 18.7. The molecular weight excluding hydrogens is 225 g/mol. The van der Waals surface area contributed by atoms with Gasteiger partial charge in [-0.15, -0.1) is 0 Å². The lowest BCUT2D eigenvalue weighted by Gasteiger charge is -2.14. The van der Waals surface area contributed by atoms with Crippen molar-refractivity contribution in [3.63, 3.8) is 0 Å². The highest BCUT2D eigenvalue weighted by atomic mass is 19.1. The summed E-state index contributed by atoms with van der Waals surface area (Å²) in [6.45, 7) is 3.79. The lowest BCUT2D eigenvalue weighted by molar-refractivity contribution is -0.0759. The second-order valence-corrected chi connectivity index (χ2v) is 3.23. The van der Waals surface area contributed by atoms with E-state index < -0.39 is 11.7 Å². The Morgan fingerprint density at radius 1 is 1.59 bits per heavy atom. The number of hydroxylamine groups is 2. The molecule has 0 aliphatic carbocycles. The van der Waals surface area contributed by atoms with E-state index in [1.165, 1.54) is 32.4 Å². The van der Waals surface area contributed by atoms with Crippen molar-refractivity contribution in [1.29, 1.82) is 0 Å². The average molecular weight is 239 g/mol. The fraction of sp³-hybridized carbons (Fsp3) is 0.250. The minimum atomic E-state index is -0.621. The zero-order valence-corrected chi connectivity index (χ0v) is 9.77. The first kappa shape index (κ1) is 13.2. The number of nitrogens with zero attached hydrogens (tertiary/aromatic N) is 1. The van der Waals surface area contributed by atoms with Crippen LogP contribution in [0.2, 0.25) is 0 Å². The Hall–Kier alpha value is -1.88. The van der Waals surface area contributed by atoms with Gasteiger partial charge in [0.15, 0.2) is 0 Å². The van der Waals surface area contributed by atoms with E-state index >= 15 is 0 Å². The molecule has 1 rings (SSSR count). The molecule has 0 heterocycles. The number of hydrogen-bond acceptors (Lipinski definition) is 3. The van der Waals surface area contributed by atoms with E-state index in [4.69, 9.17) is 9.57 Å². The van der Waals surface area contributed by atoms with Crippen LogP contribution in [-0.2, 0) is 4.84 Å². The van der Waals surface area contributed by atoms with Crippen molar-refractivity contribution in [3.8, 4) is 5.75 Å². The van der Waals surface area contributed by atoms with E-state index in [-0.39, 0.29) is 5.56 Å². The van der Waals surface area contributed by atoms with Crippen LogP contribution in [0.15, 0.2) is 30.9 Å². The third kappa shape index (κ3) is 3.29. The molecule has 17 heavy (non-hydrogen) atoms. The van der Waals surface area contributed by atoms with Gasteiger partial charge in [-0.3, -0.25) is 9.63 Å². The zero-order valence-electron chi connectivity index (χ0n) is 9.77. The summed E-state index contributed by atoms with van der Waals surface area (Å²) in [6, 6.07) is 3.95. The van der Waals surface area contributed by atoms with Crippen LogP contribution in [0.5, 0.6) is 5.75 Å². The average Bonchev–Trinajstić information content (AvgIpc) is 2.36. The fourth-order valence-corrected chi connectivity index (χ4v) is 1.17. The number of carbonyl (C=O) groups is 1. The van der Waals surface area contributed by atoms with Gasteiger partial charge in [0.2, 0.25) is 0 Å². The smallest absolute Gasteiger partial charge is 0.280 e. The van der Waals surface area contributed by atoms with Gasteiger partial charge in [0.25, 0.3) is 5.91 Å². The lowest BCUT2D eigenvalue weighted by Crippen LogP contribution is -2.26. The number of amides is 1. The zero-order chi connectivity index (χ0) is 12.8. The van der Waals surface area contributed by atoms with Crippen LogP contribution in [0, 0.1) is 5.82 Å². The van der Waals surface area contributed by atoms with Gasteiger partial charge in [-0.25, -0.2) is 9.45 Å². The third-order valence-corrected chi connectivity index (χ3v) is 2.10. The van der Waals surface area contributed by atoms with Gasteiger partial charge in [0.05, 0.1) is 12.7 Å². The largest absolute Gasteiger partial charge is 0.490 e. The van der Waals surface area contributed by atoms with Crippen molar-refractivity contribution in [2.45, 2.75) is 0 Å². The van der Waals surface area contributed by atoms with E-state index in [1.54, 1.807) is 6.08 Å². The van der Waals surface area contributed by atoms with Crippen LogP contribution < -0.4 is 4.74 Å². The first-order valence-corrected chi connectivity index (χ1v) is 4.95. The second kappa shape index (κ2) is 6.00. The molecule has 0 saturated carbocycles. The summed E-state index contributed by atoms with van der Waals surface area (Å²) in [5, 5.41) is 0.940. The third-order valence-electron chi connectivity index (χ3n) is 2.10. The molecule has 1 aromatic rings. The summed E-state index contributed by atoms with van der Waals surface area (Å²) in [5.41, 5.74) is -0.101. The molecule has 92 valence electrons. The molecule has 5 heteroatoms. The predicted molar refractivity (Wildman–Crippen MR) is 61.2 cm³/mol. The predicted octanol–water partition coefficient (Wildman–Crippen LogP) is 2.02. The molecule has 0 bridgehead atoms. The molecule has 0 aromatic heterocycles. The van der Waals surface area contributed by atoms with Crippen LogP contribution in [0.1, 0.15) is 10.4 Å². The normalized spacial score (nSPS) is 9.82. The van der Waals surface area contributed by atoms with Gasteiger partial charge in [0.1, 0.15) is 18.2 Å². The number of halogens is 1. The first-order valence-electron chi connectivity index (χ1n) is 4.95. The molecule has 0 radical (unpaired) electrons. The molecule has 0 unspecified atom stereocenters. The highest BCUT2D eigenvalue weighted by Gasteiger charge is 2.17. The molecule has 0 aliphatic rings. The van der Waals surface area contributed by atoms with Crippen LogP contribution in [-0.4, -0.2) is 31.7 Å². The molecule has 0 saturated heterocycles. The van der Waals surface area contributed by atoms with Crippen LogP contribution in [0.3, 0.4) is 0 Å². The number of benzene rings is 1. The van der Waals surface area contributed by atoms with Crippen LogP contribution in [0.25, 0.3) is 0 Å². The molecule has 0 aliphatic heterocycles. The maximum Gasteiger partial charge on any atom is 0.280 e. The number of rotatable bonds is 5. The SMILES string of the molecule is C=CCOc1ccc(F)c(C(=O)N(C)OC)c1. The van der Waals surface area contributed by atoms with Crippen molar-refractivity contribution in [2.75, 3.05) is 20.8 Å². The number of carbonyl (C=O) groups excluding carboxylic acids is 1. The van der Waals surface area contributed by atoms with E-state index in [0.29, 0.717) is 12.4 Å². The molecule has 0 spiro atoms. The summed E-state index contributed by atoms with van der Waals surface area (Å²) >= 11 is 0. The Kier molecular flexibility index (Phi) is 4.66. The highest BCUT2D eigenvalue weighted by molar-refractivity contribution is 5.94. The Morgan fingerprint density at radius 2 is 2.29 bits per heavy atom. The first-order chi connectivity index (χ1) is 8.10. The molecule has 0 atom stereocenters. The van der Waals surface area contributed by atoms with E-state index in [1.807, 2.05) is 0 Å². The Labute approximate surface area is 99.2 Å². The molecule has 0 fully saturated rings. The fourth-order valence-electron chi connectivity index (χ4n) is 1.17. The van der Waals surface area contributed by atoms with Gasteiger partial charge in [-0.2, -0.15) is 0 Å². The van der Waals surface area contributed by atoms with Gasteiger partial charge >= 0.3 is 0 Å². The Balaban J connectivity index is 2.97. The van der Waals surface area contributed by atoms with Crippen molar-refractivity contribution in [1.82, 2.24) is 5.06 Å². The van der Waals surface area contributed by atoms with Gasteiger partial charge < -0.3 is 4.74 Å². The van der Waals surface area contributed by atoms with Crippen LogP contribution >= 0.6 is 0 Å². The molecule has 1 aromatic carbocycles. The maximum absolute atomic E-state index is 13.5. The number of ether oxygens (including phenoxy) is 1. The highest BCUT2D eigenvalue weighted by Crippen LogP contribution is 2.18. The minimum absolute atomic E-state index is 0.101. The summed E-state index contributed by atoms with van der Waals surface area (Å²) in [4.78, 5) is 16.4. The maximum atomic E-state index is 13.5. The van der Waals surface area contributed by atoms with Crippen molar-refractivity contribution in [2.24, 2.45) is 0 Å². The van der Waals surface area contributed by atoms with Crippen LogP contribution in [0.4, 0.5) is 4.39 Å². The second-order valence-electron chi connectivity index (χ2n) is 3.23. The topological polar surface area (TPSA) is 38.8 Å². The minimum Gasteiger partial charge on any atom is -0.490 e. The lowest BCUT2D eigenvalue weighted by atomic mass is 10.2. The number of hydrogen-bond donors (Lipinski definition) is 0. The summed E-state index contributed by atoms with van der Waals surface area (Å²) in [5.74, 6) is -0.793. The Morgan fingerprint density at radius 3 is 2.88 bits per heavy atom. The Bertz CT molecular complexity index is 420. The van der Waals surface area contributed by atoms with Crippen molar-refractivity contribution < 1.29 is 18.8 Å². The standard InChI is InChI=1S/C12H14FNO3/c1-4-7-17-9-5-6-11(13)10(8-9)12(15)14(2)16-3/h4-6,8H,1,7H2,2-3H3. The molecule has 0 N–H and O–H groups in total. The molecule has 1 amide bonds. The monoisotopic (exact) mass is 239 g/mol. The molecule has 4 nitrogen and oxygen atoms in total. The van der Waals surface area contributed by atoms with Crippen molar-refractivity contribution in [3.05, 3.63) is 42.2 Å². The van der Waals surface area contributed by atoms with Gasteiger partial charge in [0, 0.05) is 7.05 Å². The quantitative estimate of drug-likeness (QED) is 0.583. The van der Waals surface area contributed by atoms with Crippen molar-refractivity contribution >= 4 is 5.91 Å². The van der Waals surface area contributed by atoms with Gasteiger partial charge in [-0.1, -0.05) is 12.7 Å². The van der Waals surface area contributed by atoms with E-state index in [0.717, 1.165) is 5.06 Å². The van der Waals surface area contributed by atoms with E-state index in [2.05, 4.69) is 6.58 Å². The summed E-state index contributed by atoms with van der Waals surface area (Å²) in [7, 11) is 2.73. The van der Waals surface area contributed by atoms with Gasteiger partial charge in [-0.05, 0) is 18.2 Å². The summed E-state index contributed by atoms with van der Waals surface area (Å²) in [6.07, 6.45) is 1.56.